The number of rotatable bonds is 2. The van der Waals surface area contributed by atoms with Crippen LogP contribution in [0.5, 0.6) is 5.75 Å². The molecule has 0 heterocycles. The Labute approximate surface area is 123 Å². The summed E-state index contributed by atoms with van der Waals surface area (Å²) in [6.45, 7) is 0. The Balaban J connectivity index is 1.82. The van der Waals surface area contributed by atoms with Crippen LogP contribution in [-0.2, 0) is 6.42 Å². The highest BCUT2D eigenvalue weighted by atomic mass is 16.3. The van der Waals surface area contributed by atoms with Crippen molar-refractivity contribution in [3.8, 4) is 5.75 Å². The van der Waals surface area contributed by atoms with Crippen molar-refractivity contribution in [3.05, 3.63) is 65.2 Å². The fraction of sp³-hybridized carbons (Fsp3) is 0.176. The molecule has 21 heavy (non-hydrogen) atoms. The first-order chi connectivity index (χ1) is 10.3. The van der Waals surface area contributed by atoms with Gasteiger partial charge in [0, 0.05) is 5.56 Å². The highest BCUT2D eigenvalue weighted by molar-refractivity contribution is 6.04. The van der Waals surface area contributed by atoms with E-state index in [-0.39, 0.29) is 11.3 Å². The lowest BCUT2D eigenvalue weighted by molar-refractivity contribution is 0.0952. The van der Waals surface area contributed by atoms with Crippen LogP contribution in [0.2, 0.25) is 0 Å². The number of amides is 1. The number of benzene rings is 2. The lowest BCUT2D eigenvalue weighted by Crippen LogP contribution is -2.22. The van der Waals surface area contributed by atoms with Gasteiger partial charge < -0.3 is 5.11 Å². The van der Waals surface area contributed by atoms with Gasteiger partial charge in [-0.05, 0) is 37.0 Å². The van der Waals surface area contributed by atoms with Crippen LogP contribution in [0.3, 0.4) is 0 Å². The molecule has 0 saturated carbocycles. The van der Waals surface area contributed by atoms with Crippen molar-refractivity contribution < 1.29 is 9.90 Å². The van der Waals surface area contributed by atoms with Gasteiger partial charge in [0.1, 0.15) is 5.75 Å². The molecule has 2 N–H and O–H groups in total. The topological polar surface area (TPSA) is 61.7 Å². The predicted octanol–water partition coefficient (Wildman–Crippen LogP) is 2.86. The van der Waals surface area contributed by atoms with Crippen molar-refractivity contribution in [2.75, 3.05) is 0 Å². The SMILES string of the molecule is O=C(N/N=C1\CCCc2ccccc21)c1ccccc1O. The van der Waals surface area contributed by atoms with E-state index in [9.17, 15) is 9.90 Å². The first-order valence-electron chi connectivity index (χ1n) is 6.99. The molecule has 4 heteroatoms. The molecule has 1 amide bonds. The van der Waals surface area contributed by atoms with E-state index in [1.165, 1.54) is 11.6 Å². The van der Waals surface area contributed by atoms with Crippen LogP contribution in [0.25, 0.3) is 0 Å². The Morgan fingerprint density at radius 1 is 1.05 bits per heavy atom. The van der Waals surface area contributed by atoms with Crippen LogP contribution in [0, 0.1) is 0 Å². The summed E-state index contributed by atoms with van der Waals surface area (Å²) in [7, 11) is 0. The monoisotopic (exact) mass is 280 g/mol. The van der Waals surface area contributed by atoms with E-state index in [4.69, 9.17) is 0 Å². The zero-order chi connectivity index (χ0) is 14.7. The molecule has 0 saturated heterocycles. The standard InChI is InChI=1S/C17H16N2O2/c20-16-11-4-3-9-14(16)17(21)19-18-15-10-5-7-12-6-1-2-8-13(12)15/h1-4,6,8-9,11,20H,5,7,10H2,(H,19,21)/b18-15+. The fourth-order valence-electron chi connectivity index (χ4n) is 2.56. The summed E-state index contributed by atoms with van der Waals surface area (Å²) in [5.41, 5.74) is 6.02. The molecule has 1 aliphatic rings. The first-order valence-corrected chi connectivity index (χ1v) is 6.99. The Morgan fingerprint density at radius 2 is 1.81 bits per heavy atom. The molecule has 4 nitrogen and oxygen atoms in total. The molecule has 0 spiro atoms. The van der Waals surface area contributed by atoms with Gasteiger partial charge in [-0.2, -0.15) is 5.10 Å². The molecule has 0 bridgehead atoms. The number of nitrogens with zero attached hydrogens (tertiary/aromatic N) is 1. The van der Waals surface area contributed by atoms with Gasteiger partial charge in [-0.3, -0.25) is 4.79 Å². The maximum Gasteiger partial charge on any atom is 0.275 e. The van der Waals surface area contributed by atoms with Crippen LogP contribution < -0.4 is 5.43 Å². The average Bonchev–Trinajstić information content (AvgIpc) is 2.53. The summed E-state index contributed by atoms with van der Waals surface area (Å²) in [4.78, 5) is 12.0. The highest BCUT2D eigenvalue weighted by Gasteiger charge is 2.16. The summed E-state index contributed by atoms with van der Waals surface area (Å²) in [5, 5.41) is 13.9. The molecular weight excluding hydrogens is 264 g/mol. The predicted molar refractivity (Wildman–Crippen MR) is 81.5 cm³/mol. The van der Waals surface area contributed by atoms with Crippen LogP contribution in [0.15, 0.2) is 53.6 Å². The molecular formula is C17H16N2O2. The summed E-state index contributed by atoms with van der Waals surface area (Å²) in [5.74, 6) is -0.442. The number of phenols is 1. The van der Waals surface area contributed by atoms with Crippen LogP contribution >= 0.6 is 0 Å². The molecule has 0 atom stereocenters. The molecule has 0 aromatic heterocycles. The Morgan fingerprint density at radius 3 is 2.67 bits per heavy atom. The number of carbonyl (C=O) groups is 1. The van der Waals surface area contributed by atoms with Crippen molar-refractivity contribution in [1.82, 2.24) is 5.43 Å². The average molecular weight is 280 g/mol. The number of nitrogens with one attached hydrogen (secondary N) is 1. The Hall–Kier alpha value is -2.62. The van der Waals surface area contributed by atoms with E-state index in [0.29, 0.717) is 0 Å². The first kappa shape index (κ1) is 13.4. The molecule has 106 valence electrons. The summed E-state index contributed by atoms with van der Waals surface area (Å²) in [6, 6.07) is 14.5. The number of carbonyl (C=O) groups excluding carboxylic acids is 1. The largest absolute Gasteiger partial charge is 0.507 e. The highest BCUT2D eigenvalue weighted by Crippen LogP contribution is 2.21. The van der Waals surface area contributed by atoms with Crippen LogP contribution in [0.1, 0.15) is 34.3 Å². The molecule has 0 fully saturated rings. The fourth-order valence-corrected chi connectivity index (χ4v) is 2.56. The van der Waals surface area contributed by atoms with E-state index in [1.807, 2.05) is 18.2 Å². The van der Waals surface area contributed by atoms with Gasteiger partial charge in [-0.1, -0.05) is 36.4 Å². The third-order valence-corrected chi connectivity index (χ3v) is 3.63. The number of aromatic hydroxyl groups is 1. The van der Waals surface area contributed by atoms with Gasteiger partial charge in [0.05, 0.1) is 11.3 Å². The third kappa shape index (κ3) is 2.79. The Kier molecular flexibility index (Phi) is 3.69. The minimum absolute atomic E-state index is 0.0424. The minimum Gasteiger partial charge on any atom is -0.507 e. The maximum absolute atomic E-state index is 12.0. The second kappa shape index (κ2) is 5.79. The molecule has 0 unspecified atom stereocenters. The number of hydrogen-bond donors (Lipinski definition) is 2. The van der Waals surface area contributed by atoms with Gasteiger partial charge in [0.2, 0.25) is 0 Å². The molecule has 0 radical (unpaired) electrons. The molecule has 0 aliphatic heterocycles. The Bertz CT molecular complexity index is 707. The number of aryl methyl sites for hydroxylation is 1. The zero-order valence-corrected chi connectivity index (χ0v) is 11.5. The number of hydrazone groups is 1. The maximum atomic E-state index is 12.0. The summed E-state index contributed by atoms with van der Waals surface area (Å²) >= 11 is 0. The zero-order valence-electron chi connectivity index (χ0n) is 11.5. The molecule has 2 aromatic rings. The van der Waals surface area contributed by atoms with E-state index >= 15 is 0 Å². The van der Waals surface area contributed by atoms with E-state index in [1.54, 1.807) is 18.2 Å². The van der Waals surface area contributed by atoms with Crippen molar-refractivity contribution in [1.29, 1.82) is 0 Å². The second-order valence-corrected chi connectivity index (χ2v) is 5.03. The number of hydrogen-bond acceptors (Lipinski definition) is 3. The van der Waals surface area contributed by atoms with Crippen LogP contribution in [0.4, 0.5) is 0 Å². The lowest BCUT2D eigenvalue weighted by Gasteiger charge is -2.17. The van der Waals surface area contributed by atoms with Crippen molar-refractivity contribution >= 4 is 11.6 Å². The van der Waals surface area contributed by atoms with Gasteiger partial charge in [0.15, 0.2) is 0 Å². The number of fused-ring (bicyclic) bond motifs is 1. The van der Waals surface area contributed by atoms with E-state index in [2.05, 4.69) is 16.6 Å². The number of para-hydroxylation sites is 1. The van der Waals surface area contributed by atoms with E-state index < -0.39 is 5.91 Å². The smallest absolute Gasteiger partial charge is 0.275 e. The normalized spacial score (nSPS) is 15.5. The van der Waals surface area contributed by atoms with Gasteiger partial charge in [-0.25, -0.2) is 5.43 Å². The molecule has 1 aliphatic carbocycles. The second-order valence-electron chi connectivity index (χ2n) is 5.03. The minimum atomic E-state index is -0.399. The van der Waals surface area contributed by atoms with E-state index in [0.717, 1.165) is 30.5 Å². The third-order valence-electron chi connectivity index (χ3n) is 3.63. The van der Waals surface area contributed by atoms with Crippen molar-refractivity contribution in [2.45, 2.75) is 19.3 Å². The van der Waals surface area contributed by atoms with Crippen molar-refractivity contribution in [3.63, 3.8) is 0 Å². The summed E-state index contributed by atoms with van der Waals surface area (Å²) < 4.78 is 0. The van der Waals surface area contributed by atoms with Crippen LogP contribution in [-0.4, -0.2) is 16.7 Å². The van der Waals surface area contributed by atoms with Gasteiger partial charge in [-0.15, -0.1) is 0 Å². The summed E-state index contributed by atoms with van der Waals surface area (Å²) in [6.07, 6.45) is 2.92. The molecule has 2 aromatic carbocycles. The quantitative estimate of drug-likeness (QED) is 0.831. The van der Waals surface area contributed by atoms with Crippen molar-refractivity contribution in [2.24, 2.45) is 5.10 Å². The lowest BCUT2D eigenvalue weighted by atomic mass is 9.90. The van der Waals surface area contributed by atoms with Gasteiger partial charge in [0.25, 0.3) is 5.91 Å². The van der Waals surface area contributed by atoms with Gasteiger partial charge >= 0.3 is 0 Å². The number of phenolic OH excluding ortho intramolecular Hbond substituents is 1. The molecule has 3 rings (SSSR count).